The summed E-state index contributed by atoms with van der Waals surface area (Å²) in [7, 11) is 0. The van der Waals surface area contributed by atoms with Crippen molar-refractivity contribution < 1.29 is 14.3 Å². The van der Waals surface area contributed by atoms with Crippen molar-refractivity contribution in [1.29, 1.82) is 0 Å². The predicted molar refractivity (Wildman–Crippen MR) is 105 cm³/mol. The standard InChI is InChI=1S/C20H19N3O3S/c1-13-6-8-14(9-7-13)26-11-18(24)22-23-19(25)12-27-20(23)16-10-21-17-5-3-2-4-15(16)17/h2-10,20-21H,11-12H2,1H3,(H,22,24). The van der Waals surface area contributed by atoms with Crippen molar-refractivity contribution in [1.82, 2.24) is 15.4 Å². The van der Waals surface area contributed by atoms with Crippen molar-refractivity contribution in [2.24, 2.45) is 0 Å². The number of benzene rings is 2. The van der Waals surface area contributed by atoms with Crippen LogP contribution in [0.3, 0.4) is 0 Å². The first-order chi connectivity index (χ1) is 13.1. The summed E-state index contributed by atoms with van der Waals surface area (Å²) in [6.07, 6.45) is 1.89. The normalized spacial score (nSPS) is 16.7. The maximum atomic E-state index is 12.3. The zero-order valence-electron chi connectivity index (χ0n) is 14.8. The molecular weight excluding hydrogens is 362 g/mol. The van der Waals surface area contributed by atoms with Crippen LogP contribution >= 0.6 is 11.8 Å². The molecule has 1 aromatic heterocycles. The molecule has 1 aliphatic heterocycles. The summed E-state index contributed by atoms with van der Waals surface area (Å²) in [5, 5.41) is 2.18. The van der Waals surface area contributed by atoms with Gasteiger partial charge in [0.05, 0.1) is 5.75 Å². The van der Waals surface area contributed by atoms with Crippen LogP contribution in [-0.2, 0) is 9.59 Å². The van der Waals surface area contributed by atoms with Crippen LogP contribution in [0, 0.1) is 6.92 Å². The lowest BCUT2D eigenvalue weighted by molar-refractivity contribution is -0.140. The Bertz CT molecular complexity index is 984. The number of nitrogens with zero attached hydrogens (tertiary/aromatic N) is 1. The van der Waals surface area contributed by atoms with Gasteiger partial charge in [-0.05, 0) is 25.1 Å². The zero-order chi connectivity index (χ0) is 18.8. The fourth-order valence-corrected chi connectivity index (χ4v) is 4.16. The van der Waals surface area contributed by atoms with Gasteiger partial charge in [-0.25, -0.2) is 5.01 Å². The van der Waals surface area contributed by atoms with Crippen molar-refractivity contribution >= 4 is 34.5 Å². The number of hydrazine groups is 1. The summed E-state index contributed by atoms with van der Waals surface area (Å²) in [5.74, 6) is 0.449. The molecule has 27 heavy (non-hydrogen) atoms. The Morgan fingerprint density at radius 1 is 1.26 bits per heavy atom. The molecule has 0 saturated carbocycles. The highest BCUT2D eigenvalue weighted by Crippen LogP contribution is 2.40. The number of aromatic nitrogens is 1. The maximum absolute atomic E-state index is 12.3. The van der Waals surface area contributed by atoms with E-state index in [1.807, 2.05) is 61.7 Å². The number of hydrogen-bond donors (Lipinski definition) is 2. The number of carbonyl (C=O) groups excluding carboxylic acids is 2. The van der Waals surface area contributed by atoms with Gasteiger partial charge in [-0.15, -0.1) is 11.8 Å². The molecule has 2 amide bonds. The number of amides is 2. The Labute approximate surface area is 160 Å². The minimum Gasteiger partial charge on any atom is -0.484 e. The van der Waals surface area contributed by atoms with E-state index in [0.717, 1.165) is 22.0 Å². The van der Waals surface area contributed by atoms with E-state index in [1.54, 1.807) is 0 Å². The number of nitrogens with one attached hydrogen (secondary N) is 2. The molecule has 2 heterocycles. The van der Waals surface area contributed by atoms with E-state index in [1.165, 1.54) is 16.8 Å². The van der Waals surface area contributed by atoms with Crippen LogP contribution in [0.1, 0.15) is 16.5 Å². The molecule has 3 aromatic rings. The van der Waals surface area contributed by atoms with Gasteiger partial charge in [0.2, 0.25) is 0 Å². The fraction of sp³-hybridized carbons (Fsp3) is 0.200. The van der Waals surface area contributed by atoms with Gasteiger partial charge in [0.1, 0.15) is 11.1 Å². The van der Waals surface area contributed by atoms with E-state index in [0.29, 0.717) is 11.5 Å². The minimum absolute atomic E-state index is 0.126. The molecule has 1 unspecified atom stereocenters. The number of aromatic amines is 1. The molecule has 138 valence electrons. The molecule has 2 aromatic carbocycles. The van der Waals surface area contributed by atoms with Crippen LogP contribution in [0.4, 0.5) is 0 Å². The van der Waals surface area contributed by atoms with Gasteiger partial charge in [-0.1, -0.05) is 35.9 Å². The molecule has 0 bridgehead atoms. The van der Waals surface area contributed by atoms with E-state index in [-0.39, 0.29) is 23.8 Å². The molecule has 0 spiro atoms. The predicted octanol–water partition coefficient (Wildman–Crippen LogP) is 3.16. The van der Waals surface area contributed by atoms with Crippen molar-refractivity contribution in [3.63, 3.8) is 0 Å². The summed E-state index contributed by atoms with van der Waals surface area (Å²) < 4.78 is 5.50. The third-order valence-electron chi connectivity index (χ3n) is 4.39. The molecule has 1 saturated heterocycles. The van der Waals surface area contributed by atoms with Gasteiger partial charge >= 0.3 is 0 Å². The van der Waals surface area contributed by atoms with E-state index < -0.39 is 0 Å². The molecule has 2 N–H and O–H groups in total. The minimum atomic E-state index is -0.365. The molecule has 0 radical (unpaired) electrons. The number of rotatable bonds is 5. The second kappa shape index (κ2) is 7.36. The smallest absolute Gasteiger partial charge is 0.276 e. The van der Waals surface area contributed by atoms with Crippen LogP contribution in [0.2, 0.25) is 0 Å². The van der Waals surface area contributed by atoms with E-state index >= 15 is 0 Å². The second-order valence-corrected chi connectivity index (χ2v) is 7.42. The lowest BCUT2D eigenvalue weighted by atomic mass is 10.1. The number of carbonyl (C=O) groups is 2. The van der Waals surface area contributed by atoms with Crippen LogP contribution in [0.15, 0.2) is 54.7 Å². The summed E-state index contributed by atoms with van der Waals surface area (Å²) >= 11 is 1.49. The Morgan fingerprint density at radius 3 is 2.85 bits per heavy atom. The highest BCUT2D eigenvalue weighted by Gasteiger charge is 2.35. The first kappa shape index (κ1) is 17.5. The molecule has 1 fully saturated rings. The van der Waals surface area contributed by atoms with Gasteiger partial charge in [0.15, 0.2) is 6.61 Å². The number of thioether (sulfide) groups is 1. The van der Waals surface area contributed by atoms with Crippen LogP contribution in [0.25, 0.3) is 10.9 Å². The summed E-state index contributed by atoms with van der Waals surface area (Å²) in [6.45, 7) is 1.83. The van der Waals surface area contributed by atoms with E-state index in [2.05, 4.69) is 10.4 Å². The number of aryl methyl sites for hydroxylation is 1. The molecule has 0 aliphatic carbocycles. The third-order valence-corrected chi connectivity index (χ3v) is 5.59. The number of ether oxygens (including phenoxy) is 1. The zero-order valence-corrected chi connectivity index (χ0v) is 15.6. The van der Waals surface area contributed by atoms with E-state index in [9.17, 15) is 9.59 Å². The molecule has 6 nitrogen and oxygen atoms in total. The Kier molecular flexibility index (Phi) is 4.77. The van der Waals surface area contributed by atoms with Gasteiger partial charge in [0, 0.05) is 22.7 Å². The number of para-hydroxylation sites is 1. The summed E-state index contributed by atoms with van der Waals surface area (Å²) in [5.41, 5.74) is 5.79. The quantitative estimate of drug-likeness (QED) is 0.712. The maximum Gasteiger partial charge on any atom is 0.276 e. The first-order valence-corrected chi connectivity index (χ1v) is 9.65. The first-order valence-electron chi connectivity index (χ1n) is 8.60. The van der Waals surface area contributed by atoms with Crippen LogP contribution in [0.5, 0.6) is 5.75 Å². The highest BCUT2D eigenvalue weighted by molar-refractivity contribution is 8.00. The van der Waals surface area contributed by atoms with Crippen LogP contribution in [-0.4, -0.2) is 34.2 Å². The molecule has 1 atom stereocenters. The average Bonchev–Trinajstić information content (AvgIpc) is 3.25. The topological polar surface area (TPSA) is 74.4 Å². The molecule has 7 heteroatoms. The summed E-state index contributed by atoms with van der Waals surface area (Å²) in [6, 6.07) is 15.4. The van der Waals surface area contributed by atoms with Crippen molar-refractivity contribution in [3.8, 4) is 5.75 Å². The number of H-pyrrole nitrogens is 1. The Morgan fingerprint density at radius 2 is 2.04 bits per heavy atom. The van der Waals surface area contributed by atoms with E-state index in [4.69, 9.17) is 4.74 Å². The van der Waals surface area contributed by atoms with Gasteiger partial charge in [-0.2, -0.15) is 0 Å². The Hall–Kier alpha value is -2.93. The SMILES string of the molecule is Cc1ccc(OCC(=O)NN2C(=O)CSC2c2c[nH]c3ccccc23)cc1. The second-order valence-electron chi connectivity index (χ2n) is 6.35. The van der Waals surface area contributed by atoms with Gasteiger partial charge in [-0.3, -0.25) is 15.0 Å². The van der Waals surface area contributed by atoms with Crippen LogP contribution < -0.4 is 10.2 Å². The molecular formula is C20H19N3O3S. The molecule has 4 rings (SSSR count). The van der Waals surface area contributed by atoms with Gasteiger partial charge in [0.25, 0.3) is 11.8 Å². The van der Waals surface area contributed by atoms with Crippen molar-refractivity contribution in [3.05, 3.63) is 65.9 Å². The number of hydrogen-bond acceptors (Lipinski definition) is 4. The van der Waals surface area contributed by atoms with Crippen molar-refractivity contribution in [2.45, 2.75) is 12.3 Å². The summed E-state index contributed by atoms with van der Waals surface area (Å²) in [4.78, 5) is 27.8. The largest absolute Gasteiger partial charge is 0.484 e. The lowest BCUT2D eigenvalue weighted by Crippen LogP contribution is -2.46. The third kappa shape index (κ3) is 3.64. The van der Waals surface area contributed by atoms with Gasteiger partial charge < -0.3 is 9.72 Å². The fourth-order valence-electron chi connectivity index (χ4n) is 3.02. The Balaban J connectivity index is 1.45. The highest BCUT2D eigenvalue weighted by atomic mass is 32.2. The monoisotopic (exact) mass is 381 g/mol. The number of fused-ring (bicyclic) bond motifs is 1. The average molecular weight is 381 g/mol. The lowest BCUT2D eigenvalue weighted by Gasteiger charge is -2.24. The molecule has 1 aliphatic rings. The van der Waals surface area contributed by atoms with Crippen molar-refractivity contribution in [2.75, 3.05) is 12.4 Å².